The molecule has 1 aromatic carbocycles. The predicted octanol–water partition coefficient (Wildman–Crippen LogP) is 4.66. The average molecular weight is 303 g/mol. The molecule has 3 rings (SSSR count). The number of nitrogens with zero attached hydrogens (tertiary/aromatic N) is 1. The van der Waals surface area contributed by atoms with E-state index in [0.717, 1.165) is 36.3 Å². The molecule has 1 N–H and O–H groups in total. The summed E-state index contributed by atoms with van der Waals surface area (Å²) >= 11 is 6.38. The van der Waals surface area contributed by atoms with E-state index >= 15 is 0 Å². The summed E-state index contributed by atoms with van der Waals surface area (Å²) in [6.45, 7) is 5.37. The number of rotatable bonds is 4. The largest absolute Gasteiger partial charge is 0.310 e. The van der Waals surface area contributed by atoms with Crippen LogP contribution in [0.25, 0.3) is 10.9 Å². The highest BCUT2D eigenvalue weighted by molar-refractivity contribution is 6.35. The van der Waals surface area contributed by atoms with Crippen LogP contribution < -0.4 is 5.32 Å². The molecule has 1 aromatic heterocycles. The van der Waals surface area contributed by atoms with Crippen molar-refractivity contribution in [2.45, 2.75) is 58.5 Å². The maximum atomic E-state index is 6.38. The van der Waals surface area contributed by atoms with Gasteiger partial charge in [-0.25, -0.2) is 0 Å². The Kier molecular flexibility index (Phi) is 4.46. The highest BCUT2D eigenvalue weighted by Crippen LogP contribution is 2.32. The quantitative estimate of drug-likeness (QED) is 0.889. The lowest BCUT2D eigenvalue weighted by Gasteiger charge is -2.22. The standard InChI is InChI=1S/C18H23ClN2/c1-3-12(2)20-11-15-13-7-4-5-10-17(13)21-18-14(15)8-6-9-16(18)19/h6,8-9,12,20H,3-5,7,10-11H2,1-2H3. The van der Waals surface area contributed by atoms with Crippen LogP contribution in [0, 0.1) is 0 Å². The molecule has 1 heterocycles. The van der Waals surface area contributed by atoms with Crippen LogP contribution in [0.15, 0.2) is 18.2 Å². The molecule has 3 heteroatoms. The number of hydrogen-bond acceptors (Lipinski definition) is 2. The van der Waals surface area contributed by atoms with Crippen molar-refractivity contribution in [2.24, 2.45) is 0 Å². The third kappa shape index (κ3) is 2.93. The zero-order chi connectivity index (χ0) is 14.8. The minimum atomic E-state index is 0.534. The van der Waals surface area contributed by atoms with Crippen LogP contribution in [0.2, 0.25) is 5.02 Å². The lowest BCUT2D eigenvalue weighted by molar-refractivity contribution is 0.531. The van der Waals surface area contributed by atoms with Crippen LogP contribution in [0.3, 0.4) is 0 Å². The molecule has 0 spiro atoms. The SMILES string of the molecule is CCC(C)NCc1c2c(nc3c(Cl)cccc13)CCCC2. The summed E-state index contributed by atoms with van der Waals surface area (Å²) in [6, 6.07) is 6.68. The molecule has 0 amide bonds. The number of hydrogen-bond donors (Lipinski definition) is 1. The highest BCUT2D eigenvalue weighted by Gasteiger charge is 2.19. The van der Waals surface area contributed by atoms with Crippen molar-refractivity contribution in [3.8, 4) is 0 Å². The summed E-state index contributed by atoms with van der Waals surface area (Å²) in [5, 5.41) is 5.63. The molecule has 0 fully saturated rings. The second kappa shape index (κ2) is 6.33. The van der Waals surface area contributed by atoms with Gasteiger partial charge >= 0.3 is 0 Å². The molecule has 2 aromatic rings. The molecule has 0 saturated carbocycles. The molecule has 2 nitrogen and oxygen atoms in total. The number of aromatic nitrogens is 1. The fraction of sp³-hybridized carbons (Fsp3) is 0.500. The highest BCUT2D eigenvalue weighted by atomic mass is 35.5. The molecule has 0 aliphatic heterocycles. The summed E-state index contributed by atoms with van der Waals surface area (Å²) in [5.41, 5.74) is 5.12. The molecule has 0 bridgehead atoms. The van der Waals surface area contributed by atoms with Crippen molar-refractivity contribution in [3.63, 3.8) is 0 Å². The first-order valence-electron chi connectivity index (χ1n) is 8.03. The van der Waals surface area contributed by atoms with E-state index in [9.17, 15) is 0 Å². The Hall–Kier alpha value is -1.12. The second-order valence-corrected chi connectivity index (χ2v) is 6.46. The Morgan fingerprint density at radius 2 is 2.10 bits per heavy atom. The summed E-state index contributed by atoms with van der Waals surface area (Å²) in [6.07, 6.45) is 5.91. The van der Waals surface area contributed by atoms with Gasteiger partial charge in [-0.15, -0.1) is 0 Å². The first-order chi connectivity index (χ1) is 10.2. The van der Waals surface area contributed by atoms with Gasteiger partial charge in [-0.2, -0.15) is 0 Å². The zero-order valence-electron chi connectivity index (χ0n) is 12.9. The topological polar surface area (TPSA) is 24.9 Å². The van der Waals surface area contributed by atoms with E-state index in [-0.39, 0.29) is 0 Å². The van der Waals surface area contributed by atoms with Crippen molar-refractivity contribution in [1.29, 1.82) is 0 Å². The van der Waals surface area contributed by atoms with E-state index in [1.807, 2.05) is 12.1 Å². The number of benzene rings is 1. The molecular formula is C18H23ClN2. The Morgan fingerprint density at radius 1 is 1.29 bits per heavy atom. The van der Waals surface area contributed by atoms with Crippen LogP contribution >= 0.6 is 11.6 Å². The molecule has 112 valence electrons. The first-order valence-corrected chi connectivity index (χ1v) is 8.40. The smallest absolute Gasteiger partial charge is 0.0894 e. The third-order valence-electron chi connectivity index (χ3n) is 4.60. The van der Waals surface area contributed by atoms with Gasteiger partial charge in [0, 0.05) is 23.7 Å². The number of nitrogens with one attached hydrogen (secondary N) is 1. The number of fused-ring (bicyclic) bond motifs is 2. The first kappa shape index (κ1) is 14.8. The van der Waals surface area contributed by atoms with Crippen LogP contribution in [0.4, 0.5) is 0 Å². The van der Waals surface area contributed by atoms with Gasteiger partial charge in [0.1, 0.15) is 0 Å². The van der Waals surface area contributed by atoms with E-state index in [1.165, 1.54) is 35.0 Å². The van der Waals surface area contributed by atoms with Crippen LogP contribution in [0.5, 0.6) is 0 Å². The molecule has 1 unspecified atom stereocenters. The van der Waals surface area contributed by atoms with Crippen LogP contribution in [-0.4, -0.2) is 11.0 Å². The van der Waals surface area contributed by atoms with Crippen LogP contribution in [0.1, 0.15) is 49.9 Å². The number of aryl methyl sites for hydroxylation is 1. The molecule has 21 heavy (non-hydrogen) atoms. The Labute approximate surface area is 131 Å². The Morgan fingerprint density at radius 3 is 2.90 bits per heavy atom. The van der Waals surface area contributed by atoms with Crippen molar-refractivity contribution >= 4 is 22.5 Å². The van der Waals surface area contributed by atoms with Gasteiger partial charge in [0.05, 0.1) is 10.5 Å². The van der Waals surface area contributed by atoms with Gasteiger partial charge in [0.15, 0.2) is 0 Å². The molecule has 0 saturated heterocycles. The Balaban J connectivity index is 2.11. The predicted molar refractivity (Wildman–Crippen MR) is 90.0 cm³/mol. The van der Waals surface area contributed by atoms with E-state index < -0.39 is 0 Å². The maximum absolute atomic E-state index is 6.38. The molecule has 1 aliphatic carbocycles. The number of halogens is 1. The van der Waals surface area contributed by atoms with Gasteiger partial charge in [0.25, 0.3) is 0 Å². The fourth-order valence-corrected chi connectivity index (χ4v) is 3.35. The third-order valence-corrected chi connectivity index (χ3v) is 4.91. The van der Waals surface area contributed by atoms with Crippen LogP contribution in [-0.2, 0) is 19.4 Å². The average Bonchev–Trinajstić information content (AvgIpc) is 2.52. The van der Waals surface area contributed by atoms with E-state index in [4.69, 9.17) is 16.6 Å². The zero-order valence-corrected chi connectivity index (χ0v) is 13.6. The van der Waals surface area contributed by atoms with E-state index in [2.05, 4.69) is 25.2 Å². The van der Waals surface area contributed by atoms with Gasteiger partial charge in [-0.1, -0.05) is 30.7 Å². The summed E-state index contributed by atoms with van der Waals surface area (Å²) in [4.78, 5) is 4.86. The van der Waals surface area contributed by atoms with Gasteiger partial charge in [-0.3, -0.25) is 4.98 Å². The minimum Gasteiger partial charge on any atom is -0.310 e. The summed E-state index contributed by atoms with van der Waals surface area (Å²) < 4.78 is 0. The van der Waals surface area contributed by atoms with Gasteiger partial charge in [0.2, 0.25) is 0 Å². The molecular weight excluding hydrogens is 280 g/mol. The van der Waals surface area contributed by atoms with Crippen molar-refractivity contribution in [3.05, 3.63) is 40.0 Å². The summed E-state index contributed by atoms with van der Waals surface area (Å²) in [7, 11) is 0. The van der Waals surface area contributed by atoms with Crippen molar-refractivity contribution in [1.82, 2.24) is 10.3 Å². The fourth-order valence-electron chi connectivity index (χ4n) is 3.13. The molecule has 1 atom stereocenters. The minimum absolute atomic E-state index is 0.534. The molecule has 0 radical (unpaired) electrons. The lowest BCUT2D eigenvalue weighted by atomic mass is 9.89. The lowest BCUT2D eigenvalue weighted by Crippen LogP contribution is -2.26. The van der Waals surface area contributed by atoms with Crippen molar-refractivity contribution in [2.75, 3.05) is 0 Å². The van der Waals surface area contributed by atoms with Crippen molar-refractivity contribution < 1.29 is 0 Å². The Bertz CT molecular complexity index is 651. The van der Waals surface area contributed by atoms with Gasteiger partial charge in [-0.05, 0) is 56.2 Å². The normalized spacial score (nSPS) is 16.0. The maximum Gasteiger partial charge on any atom is 0.0894 e. The van der Waals surface area contributed by atoms with Gasteiger partial charge < -0.3 is 5.32 Å². The molecule has 1 aliphatic rings. The number of pyridine rings is 1. The summed E-state index contributed by atoms with van der Waals surface area (Å²) in [5.74, 6) is 0. The monoisotopic (exact) mass is 302 g/mol. The van der Waals surface area contributed by atoms with E-state index in [1.54, 1.807) is 0 Å². The van der Waals surface area contributed by atoms with E-state index in [0.29, 0.717) is 6.04 Å². The second-order valence-electron chi connectivity index (χ2n) is 6.05. The number of para-hydroxylation sites is 1.